The van der Waals surface area contributed by atoms with Gasteiger partial charge in [-0.2, -0.15) is 0 Å². The molecule has 2 aromatic rings. The van der Waals surface area contributed by atoms with Crippen LogP contribution in [0.15, 0.2) is 42.0 Å². The highest BCUT2D eigenvalue weighted by Crippen LogP contribution is 2.75. The summed E-state index contributed by atoms with van der Waals surface area (Å²) in [5, 5.41) is 102. The fraction of sp³-hybridized carbons (Fsp3) is 0.690. The lowest BCUT2D eigenvalue weighted by Crippen LogP contribution is -2.68. The van der Waals surface area contributed by atoms with E-state index in [1.54, 1.807) is 24.3 Å². The minimum atomic E-state index is -2.05. The summed E-state index contributed by atoms with van der Waals surface area (Å²) in [4.78, 5) is 51.3. The molecule has 2 unspecified atom stereocenters. The topological polar surface area (TPSA) is 335 Å². The fourth-order valence-corrected chi connectivity index (χ4v) is 16.4. The number of aliphatic hydroxyl groups excluding tert-OH is 5. The highest BCUT2D eigenvalue weighted by molar-refractivity contribution is 5.95. The zero-order chi connectivity index (χ0) is 57.4. The van der Waals surface area contributed by atoms with Gasteiger partial charge in [0.25, 0.3) is 0 Å². The number of carboxylic acids is 3. The summed E-state index contributed by atoms with van der Waals surface area (Å²) in [6, 6.07) is 8.39. The molecule has 2 aromatic carbocycles. The van der Waals surface area contributed by atoms with E-state index < -0.39 is 107 Å². The van der Waals surface area contributed by atoms with Crippen LogP contribution in [-0.4, -0.2) is 156 Å². The number of aromatic hydroxyl groups is 2. The van der Waals surface area contributed by atoms with Crippen molar-refractivity contribution in [3.63, 3.8) is 0 Å². The lowest BCUT2D eigenvalue weighted by Gasteiger charge is -2.70. The standard InChI is InChI=1S/C42H62O16.C16H14O5/c1-37(2)21-8-11-42(7)31(20(43)16-18-19-17-39(4,36(53)54)13-12-38(19,3)14-15-41(18,42)6)40(21,5)10-9-22(37)55-35-30(26(47)25(46)29(57-35)33(51)52)58-34-27(48)23(44)24(45)28(56-34)32(49)50;1-19-15-5-10-11-7-20-13-4-8(17)2-3-9(13)16(11)21-14(10)6-12(15)18/h16,19,21-31,34-35,44-48H,8-15,17H2,1-7H3,(H,49,50)(H,51,52)(H,53,54);2-6,11,16-18H,7H2,1H3/t19-,21-,22-,23-,24-,25-,26-,27+,28-,29-,30+,31+,34-,35-,38+,39-,40-,41+,42+;/m0./s1. The third kappa shape index (κ3) is 8.90. The zero-order valence-electron chi connectivity index (χ0n) is 45.7. The first-order valence-corrected chi connectivity index (χ1v) is 27.4. The van der Waals surface area contributed by atoms with Crippen molar-refractivity contribution < 1.29 is 103 Å². The van der Waals surface area contributed by atoms with Crippen LogP contribution in [-0.2, 0) is 38.1 Å². The second-order valence-corrected chi connectivity index (χ2v) is 25.9. The number of phenols is 2. The Morgan fingerprint density at radius 1 is 0.696 bits per heavy atom. The summed E-state index contributed by atoms with van der Waals surface area (Å²) in [6.45, 7) is 15.3. The van der Waals surface area contributed by atoms with Crippen molar-refractivity contribution in [1.82, 2.24) is 0 Å². The van der Waals surface area contributed by atoms with Gasteiger partial charge in [0.1, 0.15) is 60.0 Å². The molecule has 4 saturated carbocycles. The van der Waals surface area contributed by atoms with Gasteiger partial charge in [0.15, 0.2) is 42.1 Å². The largest absolute Gasteiger partial charge is 0.508 e. The molecule has 10 N–H and O–H groups in total. The van der Waals surface area contributed by atoms with Crippen molar-refractivity contribution in [2.24, 2.45) is 50.2 Å². The number of aliphatic hydroxyl groups is 5. The van der Waals surface area contributed by atoms with Gasteiger partial charge >= 0.3 is 17.9 Å². The minimum absolute atomic E-state index is 0.0217. The van der Waals surface area contributed by atoms with Gasteiger partial charge in [-0.3, -0.25) is 9.59 Å². The van der Waals surface area contributed by atoms with Crippen LogP contribution in [0, 0.1) is 50.2 Å². The third-order valence-electron chi connectivity index (χ3n) is 21.3. The summed E-state index contributed by atoms with van der Waals surface area (Å²) < 4.78 is 40.2. The van der Waals surface area contributed by atoms with Crippen LogP contribution in [0.5, 0.6) is 28.7 Å². The molecule has 434 valence electrons. The molecular weight excluding hydrogens is 1030 g/mol. The molecule has 6 fully saturated rings. The van der Waals surface area contributed by atoms with Crippen molar-refractivity contribution >= 4 is 23.7 Å². The van der Waals surface area contributed by atoms with Crippen LogP contribution in [0.2, 0.25) is 0 Å². The van der Waals surface area contributed by atoms with Crippen LogP contribution in [0.3, 0.4) is 0 Å². The Morgan fingerprint density at radius 2 is 1.35 bits per heavy atom. The second-order valence-electron chi connectivity index (χ2n) is 25.9. The number of allylic oxidation sites excluding steroid dienone is 2. The Bertz CT molecular complexity index is 2800. The summed E-state index contributed by atoms with van der Waals surface area (Å²) in [5.74, 6) is -2.49. The van der Waals surface area contributed by atoms with Crippen LogP contribution in [0.1, 0.15) is 129 Å². The van der Waals surface area contributed by atoms with Crippen molar-refractivity contribution in [3.05, 3.63) is 53.1 Å². The maximum absolute atomic E-state index is 14.8. The van der Waals surface area contributed by atoms with Gasteiger partial charge in [-0.1, -0.05) is 47.1 Å². The van der Waals surface area contributed by atoms with E-state index in [0.29, 0.717) is 49.5 Å². The maximum Gasteiger partial charge on any atom is 0.335 e. The van der Waals surface area contributed by atoms with Crippen molar-refractivity contribution in [2.75, 3.05) is 13.7 Å². The first-order chi connectivity index (χ1) is 36.9. The van der Waals surface area contributed by atoms with E-state index in [1.807, 2.05) is 32.9 Å². The van der Waals surface area contributed by atoms with E-state index >= 15 is 0 Å². The van der Waals surface area contributed by atoms with Gasteiger partial charge in [-0.25, -0.2) is 9.59 Å². The summed E-state index contributed by atoms with van der Waals surface area (Å²) in [7, 11) is 1.52. The Hall–Kier alpha value is -5.10. The number of rotatable bonds is 8. The minimum Gasteiger partial charge on any atom is -0.508 e. The monoisotopic (exact) mass is 1110 g/mol. The van der Waals surface area contributed by atoms with E-state index in [-0.39, 0.29) is 57.9 Å². The van der Waals surface area contributed by atoms with Crippen LogP contribution in [0.4, 0.5) is 0 Å². The lowest BCUT2D eigenvalue weighted by atomic mass is 9.33. The quantitative estimate of drug-likeness (QED) is 0.156. The van der Waals surface area contributed by atoms with Crippen molar-refractivity contribution in [2.45, 2.75) is 186 Å². The number of ketones is 1. The number of carboxylic acid groups (broad SMARTS) is 3. The summed E-state index contributed by atoms with van der Waals surface area (Å²) >= 11 is 0. The smallest absolute Gasteiger partial charge is 0.335 e. The lowest BCUT2D eigenvalue weighted by molar-refractivity contribution is -0.371. The molecule has 0 radical (unpaired) electrons. The molecule has 21 atom stereocenters. The molecule has 4 heterocycles. The fourth-order valence-electron chi connectivity index (χ4n) is 16.4. The van der Waals surface area contributed by atoms with Gasteiger partial charge in [-0.15, -0.1) is 0 Å². The van der Waals surface area contributed by atoms with Crippen molar-refractivity contribution in [3.8, 4) is 28.7 Å². The van der Waals surface area contributed by atoms with Gasteiger partial charge in [0.05, 0.1) is 31.2 Å². The molecule has 2 saturated heterocycles. The molecule has 5 aliphatic carbocycles. The molecule has 21 nitrogen and oxygen atoms in total. The van der Waals surface area contributed by atoms with E-state index in [0.717, 1.165) is 48.8 Å². The number of ether oxygens (including phenoxy) is 7. The number of methoxy groups -OCH3 is 1. The molecular formula is C58H76O21. The van der Waals surface area contributed by atoms with Crippen LogP contribution >= 0.6 is 0 Å². The molecule has 79 heavy (non-hydrogen) atoms. The highest BCUT2D eigenvalue weighted by Gasteiger charge is 2.71. The van der Waals surface area contributed by atoms with Crippen LogP contribution < -0.4 is 14.2 Å². The number of hydrogen-bond donors (Lipinski definition) is 10. The van der Waals surface area contributed by atoms with Gasteiger partial charge < -0.3 is 84.2 Å². The molecule has 9 aliphatic rings. The van der Waals surface area contributed by atoms with Gasteiger partial charge in [0, 0.05) is 29.2 Å². The van der Waals surface area contributed by atoms with E-state index in [1.165, 1.54) is 7.11 Å². The Labute approximate surface area is 457 Å². The molecule has 4 aliphatic heterocycles. The van der Waals surface area contributed by atoms with E-state index in [9.17, 15) is 70.2 Å². The molecule has 0 bridgehead atoms. The summed E-state index contributed by atoms with van der Waals surface area (Å²) in [5.41, 5.74) is 0.0578. The number of carbonyl (C=O) groups excluding carboxylic acids is 1. The molecule has 21 heteroatoms. The highest BCUT2D eigenvalue weighted by atomic mass is 16.8. The average molecular weight is 1110 g/mol. The zero-order valence-corrected chi connectivity index (χ0v) is 45.7. The molecule has 0 spiro atoms. The van der Waals surface area contributed by atoms with Crippen LogP contribution in [0.25, 0.3) is 0 Å². The molecule has 11 rings (SSSR count). The summed E-state index contributed by atoms with van der Waals surface area (Å²) in [6.07, 6.45) is -12.4. The van der Waals surface area contributed by atoms with Crippen molar-refractivity contribution in [1.29, 1.82) is 0 Å². The third-order valence-corrected chi connectivity index (χ3v) is 21.3. The number of carbonyl (C=O) groups is 4. The van der Waals surface area contributed by atoms with Gasteiger partial charge in [0.2, 0.25) is 0 Å². The first-order valence-electron chi connectivity index (χ1n) is 27.4. The van der Waals surface area contributed by atoms with Gasteiger partial charge in [-0.05, 0) is 128 Å². The normalized spacial score (nSPS) is 44.3. The predicted molar refractivity (Wildman–Crippen MR) is 274 cm³/mol. The number of hydrogen-bond acceptors (Lipinski definition) is 18. The number of benzene rings is 2. The molecule has 0 aromatic heterocycles. The first kappa shape index (κ1) is 57.1. The maximum atomic E-state index is 14.8. The Balaban J connectivity index is 0.000000277. The predicted octanol–water partition coefficient (Wildman–Crippen LogP) is 4.96. The number of phenolic OH excluding ortho intramolecular Hbond substituents is 2. The average Bonchev–Trinajstić information content (AvgIpc) is 3.77. The number of aliphatic carboxylic acids is 3. The number of fused-ring (bicyclic) bond motifs is 12. The van der Waals surface area contributed by atoms with E-state index in [4.69, 9.17) is 33.2 Å². The SMILES string of the molecule is CC1(C)[C@@H](O[C@H]2O[C@H](C(=O)O)[C@@H](O)[C@H](O)[C@H]2O[C@@H]2O[C@H](C(=O)O)[C@@H](O)[C@H](O)[C@H]2O)CC[C@]2(C)[C@H]3C(=O)C=C4[C@@H]5C[C@@](C)(C(=O)O)CC[C@]5(C)CC[C@@]4(C)[C@]3(C)CC[C@@H]12.COc1cc2c(cc1O)OC1c3ccc(O)cc3OCC21. The second kappa shape index (κ2) is 19.8. The Kier molecular flexibility index (Phi) is 14.3. The van der Waals surface area contributed by atoms with E-state index in [2.05, 4.69) is 27.7 Å². The Morgan fingerprint density at radius 3 is 2.01 bits per heavy atom. The molecule has 0 amide bonds.